The van der Waals surface area contributed by atoms with E-state index in [1.165, 1.54) is 67.7 Å². The first-order chi connectivity index (χ1) is 5.41. The largest absolute Gasteiger partial charge is 1.00 e. The average Bonchev–Trinajstić information content (AvgIpc) is 2.03. The zero-order valence-electron chi connectivity index (χ0n) is 9.36. The maximum Gasteiger partial charge on any atom is 1.00 e. The Hall–Kier alpha value is 0.217. The molecule has 11 heavy (non-hydrogen) atoms. The summed E-state index contributed by atoms with van der Waals surface area (Å²) in [6.45, 7) is 2.28. The summed E-state index contributed by atoms with van der Waals surface area (Å²) in [5, 5.41) is 0. The van der Waals surface area contributed by atoms with Crippen LogP contribution in [0.2, 0.25) is 6.04 Å². The van der Waals surface area contributed by atoms with Gasteiger partial charge in [-0.3, -0.25) is 0 Å². The average molecular weight is 173 g/mol. The second kappa shape index (κ2) is 10.2. The number of hydrogen-bond donors (Lipinski definition) is 0. The summed E-state index contributed by atoms with van der Waals surface area (Å²) >= 11 is 0. The standard InChI is InChI=1S/C10H24Si/c1-2-3-4-5-6-7-8-9-10-11/h2-10H2,1,11H3/p+1. The molecule has 0 bridgehead atoms. The summed E-state index contributed by atoms with van der Waals surface area (Å²) < 4.78 is 0. The molecule has 0 rings (SSSR count). The predicted molar refractivity (Wildman–Crippen MR) is 58.5 cm³/mol. The third-order valence-corrected chi connectivity index (χ3v) is 2.91. The molecule has 0 spiro atoms. The summed E-state index contributed by atoms with van der Waals surface area (Å²) in [4.78, 5) is 0. The molecule has 0 fully saturated rings. The van der Waals surface area contributed by atoms with Crippen molar-refractivity contribution in [2.24, 2.45) is 0 Å². The third kappa shape index (κ3) is 10.2. The SMILES string of the molecule is CCCCCCCCCC[SiH3].[H+]. The van der Waals surface area contributed by atoms with Crippen LogP contribution in [0.3, 0.4) is 0 Å². The molecule has 68 valence electrons. The minimum Gasteiger partial charge on any atom is -0.0658 e. The molecule has 0 nitrogen and oxygen atoms in total. The van der Waals surface area contributed by atoms with E-state index in [9.17, 15) is 0 Å². The molecule has 0 aromatic rings. The molecular weight excluding hydrogens is 148 g/mol. The van der Waals surface area contributed by atoms with E-state index in [4.69, 9.17) is 0 Å². The molecule has 0 unspecified atom stereocenters. The Kier molecular flexibility index (Phi) is 10.4. The minimum absolute atomic E-state index is 0. The van der Waals surface area contributed by atoms with Crippen molar-refractivity contribution < 1.29 is 1.43 Å². The normalized spacial score (nSPS) is 10.6. The van der Waals surface area contributed by atoms with Gasteiger partial charge in [0.05, 0.1) is 0 Å². The van der Waals surface area contributed by atoms with Gasteiger partial charge in [0.2, 0.25) is 0 Å². The Morgan fingerprint density at radius 1 is 0.818 bits per heavy atom. The molecule has 0 aromatic carbocycles. The van der Waals surface area contributed by atoms with Crippen LogP contribution in [0.25, 0.3) is 0 Å². The fraction of sp³-hybridized carbons (Fsp3) is 1.00. The van der Waals surface area contributed by atoms with Gasteiger partial charge >= 0.3 is 1.43 Å². The summed E-state index contributed by atoms with van der Waals surface area (Å²) in [6, 6.07) is 1.51. The minimum atomic E-state index is 0. The smallest absolute Gasteiger partial charge is 0.0658 e. The Morgan fingerprint density at radius 3 is 1.73 bits per heavy atom. The quantitative estimate of drug-likeness (QED) is 0.391. The summed E-state index contributed by atoms with van der Waals surface area (Å²) in [6.07, 6.45) is 11.7. The lowest BCUT2D eigenvalue weighted by molar-refractivity contribution is 0.585. The van der Waals surface area contributed by atoms with E-state index in [-0.39, 0.29) is 1.43 Å². The summed E-state index contributed by atoms with van der Waals surface area (Å²) in [5.74, 6) is 0. The maximum absolute atomic E-state index is 2.28. The van der Waals surface area contributed by atoms with Crippen molar-refractivity contribution in [3.8, 4) is 0 Å². The molecule has 0 aliphatic rings. The molecule has 0 saturated heterocycles. The molecule has 1 heteroatoms. The van der Waals surface area contributed by atoms with Crippen molar-refractivity contribution in [1.29, 1.82) is 0 Å². The van der Waals surface area contributed by atoms with Gasteiger partial charge < -0.3 is 0 Å². The monoisotopic (exact) mass is 173 g/mol. The van der Waals surface area contributed by atoms with E-state index < -0.39 is 0 Å². The van der Waals surface area contributed by atoms with Crippen LogP contribution in [0.15, 0.2) is 0 Å². The Morgan fingerprint density at radius 2 is 1.27 bits per heavy atom. The van der Waals surface area contributed by atoms with Crippen LogP contribution in [0.1, 0.15) is 59.7 Å². The van der Waals surface area contributed by atoms with Gasteiger partial charge in [0, 0.05) is 10.2 Å². The van der Waals surface area contributed by atoms with E-state index in [0.717, 1.165) is 0 Å². The van der Waals surface area contributed by atoms with Crippen LogP contribution in [0, 0.1) is 0 Å². The first-order valence-corrected chi connectivity index (χ1v) is 6.83. The second-order valence-electron chi connectivity index (χ2n) is 3.47. The van der Waals surface area contributed by atoms with Crippen LogP contribution < -0.4 is 0 Å². The maximum atomic E-state index is 2.28. The Bertz CT molecular complexity index is 58.9. The number of hydrogen-bond acceptors (Lipinski definition) is 0. The summed E-state index contributed by atoms with van der Waals surface area (Å²) in [7, 11) is 1.41. The van der Waals surface area contributed by atoms with Gasteiger partial charge in [0.1, 0.15) is 0 Å². The van der Waals surface area contributed by atoms with Crippen molar-refractivity contribution in [3.63, 3.8) is 0 Å². The van der Waals surface area contributed by atoms with E-state index in [1.807, 2.05) is 0 Å². The van der Waals surface area contributed by atoms with Gasteiger partial charge in [-0.1, -0.05) is 64.3 Å². The second-order valence-corrected chi connectivity index (χ2v) is 4.47. The van der Waals surface area contributed by atoms with Gasteiger partial charge in [-0.15, -0.1) is 0 Å². The zero-order valence-corrected chi connectivity index (χ0v) is 10.4. The molecule has 0 saturated carbocycles. The predicted octanol–water partition coefficient (Wildman–Crippen LogP) is 3.02. The lowest BCUT2D eigenvalue weighted by atomic mass is 10.1. The topological polar surface area (TPSA) is 0 Å². The molecule has 0 heterocycles. The van der Waals surface area contributed by atoms with Gasteiger partial charge in [-0.05, 0) is 0 Å². The van der Waals surface area contributed by atoms with Gasteiger partial charge in [0.25, 0.3) is 0 Å². The van der Waals surface area contributed by atoms with E-state index in [0.29, 0.717) is 0 Å². The Labute approximate surface area is 76.7 Å². The highest BCUT2D eigenvalue weighted by Gasteiger charge is 1.88. The third-order valence-electron chi connectivity index (χ3n) is 2.21. The van der Waals surface area contributed by atoms with Crippen molar-refractivity contribution >= 4 is 10.2 Å². The van der Waals surface area contributed by atoms with Gasteiger partial charge in [-0.25, -0.2) is 0 Å². The highest BCUT2D eigenvalue weighted by Crippen LogP contribution is 2.08. The van der Waals surface area contributed by atoms with Crippen molar-refractivity contribution in [2.45, 2.75) is 64.3 Å². The van der Waals surface area contributed by atoms with Gasteiger partial charge in [0.15, 0.2) is 0 Å². The molecular formula is C10H25Si+. The van der Waals surface area contributed by atoms with Crippen LogP contribution in [0.4, 0.5) is 0 Å². The van der Waals surface area contributed by atoms with E-state index in [2.05, 4.69) is 6.92 Å². The molecule has 0 aliphatic heterocycles. The first-order valence-electron chi connectivity index (χ1n) is 5.41. The zero-order chi connectivity index (χ0) is 8.36. The number of unbranched alkanes of at least 4 members (excludes halogenated alkanes) is 7. The molecule has 0 aliphatic carbocycles. The lowest BCUT2D eigenvalue weighted by Crippen LogP contribution is -1.79. The molecule has 0 radical (unpaired) electrons. The molecule has 0 aromatic heterocycles. The van der Waals surface area contributed by atoms with Crippen molar-refractivity contribution in [3.05, 3.63) is 0 Å². The van der Waals surface area contributed by atoms with E-state index in [1.54, 1.807) is 0 Å². The summed E-state index contributed by atoms with van der Waals surface area (Å²) in [5.41, 5.74) is 0. The van der Waals surface area contributed by atoms with Crippen LogP contribution in [0.5, 0.6) is 0 Å². The fourth-order valence-electron chi connectivity index (χ4n) is 1.38. The van der Waals surface area contributed by atoms with Crippen LogP contribution in [-0.2, 0) is 0 Å². The fourth-order valence-corrected chi connectivity index (χ4v) is 1.88. The highest BCUT2D eigenvalue weighted by molar-refractivity contribution is 6.08. The highest BCUT2D eigenvalue weighted by atomic mass is 28.1. The Balaban J connectivity index is 0. The van der Waals surface area contributed by atoms with Crippen LogP contribution >= 0.6 is 0 Å². The first kappa shape index (κ1) is 11.2. The van der Waals surface area contributed by atoms with Crippen molar-refractivity contribution in [2.75, 3.05) is 0 Å². The van der Waals surface area contributed by atoms with Crippen LogP contribution in [-0.4, -0.2) is 10.2 Å². The molecule has 0 N–H and O–H groups in total. The molecule has 0 atom stereocenters. The lowest BCUT2D eigenvalue weighted by Gasteiger charge is -1.98. The van der Waals surface area contributed by atoms with Gasteiger partial charge in [-0.2, -0.15) is 0 Å². The van der Waals surface area contributed by atoms with E-state index >= 15 is 0 Å². The molecule has 0 amide bonds. The van der Waals surface area contributed by atoms with Crippen molar-refractivity contribution in [1.82, 2.24) is 0 Å². The number of rotatable bonds is 8.